The molecule has 0 radical (unpaired) electrons. The summed E-state index contributed by atoms with van der Waals surface area (Å²) in [5.74, 6) is 0.474. The largest absolute Gasteiger partial charge is 0.493 e. The normalized spacial score (nSPS) is 10.8. The van der Waals surface area contributed by atoms with Crippen molar-refractivity contribution in [2.75, 3.05) is 14.2 Å². The van der Waals surface area contributed by atoms with Crippen LogP contribution in [-0.4, -0.2) is 36.1 Å². The van der Waals surface area contributed by atoms with Crippen molar-refractivity contribution < 1.29 is 19.0 Å². The summed E-state index contributed by atoms with van der Waals surface area (Å²) in [5, 5.41) is 4.40. The number of nitrogens with one attached hydrogen (secondary N) is 1. The molecule has 0 saturated heterocycles. The molecule has 0 amide bonds. The summed E-state index contributed by atoms with van der Waals surface area (Å²) >= 11 is 5.34. The molecule has 1 N–H and O–H groups in total. The molecule has 0 aliphatic heterocycles. The third-order valence-electron chi connectivity index (χ3n) is 3.85. The second-order valence-corrected chi connectivity index (χ2v) is 6.16. The molecule has 0 fully saturated rings. The topological polar surface area (TPSA) is 77.8 Å². The summed E-state index contributed by atoms with van der Waals surface area (Å²) in [5.41, 5.74) is 2.56. The van der Waals surface area contributed by atoms with Crippen LogP contribution in [0.4, 0.5) is 0 Å². The van der Waals surface area contributed by atoms with E-state index in [1.807, 2.05) is 36.5 Å². The van der Waals surface area contributed by atoms with Gasteiger partial charge in [0.15, 0.2) is 16.3 Å². The molecule has 0 spiro atoms. The lowest BCUT2D eigenvalue weighted by Gasteiger charge is -2.13. The van der Waals surface area contributed by atoms with E-state index in [4.69, 9.17) is 26.4 Å². The Morgan fingerprint density at radius 2 is 1.79 bits per heavy atom. The van der Waals surface area contributed by atoms with Crippen LogP contribution in [0.2, 0.25) is 0 Å². The molecular formula is C20H19N3O4S. The Hall–Kier alpha value is -3.39. The van der Waals surface area contributed by atoms with E-state index in [1.54, 1.807) is 23.0 Å². The van der Waals surface area contributed by atoms with E-state index in [2.05, 4.69) is 10.1 Å². The molecular weight excluding hydrogens is 378 g/mol. The van der Waals surface area contributed by atoms with E-state index >= 15 is 0 Å². The van der Waals surface area contributed by atoms with Gasteiger partial charge in [-0.15, -0.1) is 0 Å². The van der Waals surface area contributed by atoms with Crippen LogP contribution in [0.3, 0.4) is 0 Å². The Bertz CT molecular complexity index is 1050. The number of H-pyrrole nitrogens is 1. The Morgan fingerprint density at radius 1 is 1.14 bits per heavy atom. The molecule has 28 heavy (non-hydrogen) atoms. The van der Waals surface area contributed by atoms with Gasteiger partial charge in [-0.05, 0) is 29.9 Å². The van der Waals surface area contributed by atoms with E-state index in [1.165, 1.54) is 21.1 Å². The van der Waals surface area contributed by atoms with Gasteiger partial charge in [0.25, 0.3) is 0 Å². The number of rotatable bonds is 6. The monoisotopic (exact) mass is 397 g/mol. The third-order valence-corrected chi connectivity index (χ3v) is 4.13. The van der Waals surface area contributed by atoms with Gasteiger partial charge < -0.3 is 19.2 Å². The predicted octanol–water partition coefficient (Wildman–Crippen LogP) is 4.04. The highest BCUT2D eigenvalue weighted by atomic mass is 32.1. The first-order chi connectivity index (χ1) is 13.5. The van der Waals surface area contributed by atoms with Crippen molar-refractivity contribution in [3.63, 3.8) is 0 Å². The molecule has 1 heterocycles. The van der Waals surface area contributed by atoms with Gasteiger partial charge >= 0.3 is 5.97 Å². The van der Waals surface area contributed by atoms with Gasteiger partial charge in [-0.3, -0.25) is 4.79 Å². The van der Waals surface area contributed by atoms with Gasteiger partial charge in [-0.2, -0.15) is 5.10 Å². The summed E-state index contributed by atoms with van der Waals surface area (Å²) < 4.78 is 17.8. The van der Waals surface area contributed by atoms with E-state index < -0.39 is 5.97 Å². The van der Waals surface area contributed by atoms with Crippen LogP contribution in [0.1, 0.15) is 12.5 Å². The Balaban J connectivity index is 1.93. The standard InChI is InChI=1S/C20H19N3O4S/c1-13(24)27-19-17(25-2)9-14(10-18(19)26-3)11-21-23-12-16(22-20(23)28)15-7-5-4-6-8-15/h4-12H,1-3H3,(H,22,28)/b21-11-. The minimum Gasteiger partial charge on any atom is -0.493 e. The van der Waals surface area contributed by atoms with E-state index in [0.717, 1.165) is 11.3 Å². The molecule has 0 saturated carbocycles. The van der Waals surface area contributed by atoms with Crippen molar-refractivity contribution >= 4 is 24.4 Å². The van der Waals surface area contributed by atoms with Crippen LogP contribution >= 0.6 is 12.2 Å². The predicted molar refractivity (Wildman–Crippen MR) is 109 cm³/mol. The van der Waals surface area contributed by atoms with Crippen LogP contribution in [0, 0.1) is 4.77 Å². The summed E-state index contributed by atoms with van der Waals surface area (Å²) in [6, 6.07) is 13.2. The number of hydrogen-bond donors (Lipinski definition) is 1. The first-order valence-corrected chi connectivity index (χ1v) is 8.78. The fourth-order valence-corrected chi connectivity index (χ4v) is 2.79. The molecule has 0 aliphatic rings. The van der Waals surface area contributed by atoms with Crippen molar-refractivity contribution in [2.24, 2.45) is 5.10 Å². The Morgan fingerprint density at radius 3 is 2.36 bits per heavy atom. The maximum absolute atomic E-state index is 11.3. The zero-order valence-corrected chi connectivity index (χ0v) is 16.4. The van der Waals surface area contributed by atoms with Gasteiger partial charge in [0, 0.05) is 12.5 Å². The molecule has 0 aliphatic carbocycles. The fourth-order valence-electron chi connectivity index (χ4n) is 2.58. The number of imidazole rings is 1. The molecule has 0 unspecified atom stereocenters. The van der Waals surface area contributed by atoms with Crippen molar-refractivity contribution in [1.82, 2.24) is 9.66 Å². The summed E-state index contributed by atoms with van der Waals surface area (Å²) in [6.07, 6.45) is 3.43. The smallest absolute Gasteiger partial charge is 0.308 e. The molecule has 0 bridgehead atoms. The molecule has 144 valence electrons. The van der Waals surface area contributed by atoms with E-state index in [9.17, 15) is 4.79 Å². The maximum Gasteiger partial charge on any atom is 0.308 e. The zero-order valence-electron chi connectivity index (χ0n) is 15.6. The number of ether oxygens (including phenoxy) is 3. The van der Waals surface area contributed by atoms with Crippen molar-refractivity contribution in [3.05, 3.63) is 59.0 Å². The van der Waals surface area contributed by atoms with Gasteiger partial charge in [0.2, 0.25) is 5.75 Å². The highest BCUT2D eigenvalue weighted by molar-refractivity contribution is 7.71. The number of benzene rings is 2. The summed E-state index contributed by atoms with van der Waals surface area (Å²) in [4.78, 5) is 14.5. The second kappa shape index (κ2) is 8.53. The molecule has 3 rings (SSSR count). The zero-order chi connectivity index (χ0) is 20.1. The van der Waals surface area contributed by atoms with E-state index in [0.29, 0.717) is 21.8 Å². The molecule has 1 aromatic heterocycles. The number of aromatic nitrogens is 2. The molecule has 0 atom stereocenters. The number of methoxy groups -OCH3 is 2. The number of esters is 1. The van der Waals surface area contributed by atoms with Crippen molar-refractivity contribution in [2.45, 2.75) is 6.92 Å². The molecule has 7 nitrogen and oxygen atoms in total. The number of nitrogens with zero attached hydrogens (tertiary/aromatic N) is 2. The number of hydrogen-bond acceptors (Lipinski definition) is 6. The van der Waals surface area contributed by atoms with Crippen LogP contribution in [0.15, 0.2) is 53.8 Å². The average Bonchev–Trinajstić information content (AvgIpc) is 3.07. The average molecular weight is 397 g/mol. The first kappa shape index (κ1) is 19.4. The van der Waals surface area contributed by atoms with Gasteiger partial charge in [0.05, 0.1) is 32.3 Å². The summed E-state index contributed by atoms with van der Waals surface area (Å²) in [6.45, 7) is 1.31. The molecule has 3 aromatic rings. The number of carbonyl (C=O) groups is 1. The quantitative estimate of drug-likeness (QED) is 0.294. The molecule has 8 heteroatoms. The minimum absolute atomic E-state index is 0.222. The van der Waals surface area contributed by atoms with Crippen LogP contribution in [0.25, 0.3) is 11.3 Å². The summed E-state index contributed by atoms with van der Waals surface area (Å²) in [7, 11) is 2.97. The van der Waals surface area contributed by atoms with Gasteiger partial charge in [-0.25, -0.2) is 4.68 Å². The fraction of sp³-hybridized carbons (Fsp3) is 0.150. The SMILES string of the molecule is COc1cc(/C=N\n2cc(-c3ccccc3)[nH]c2=S)cc(OC)c1OC(C)=O. The van der Waals surface area contributed by atoms with Crippen LogP contribution in [-0.2, 0) is 4.79 Å². The number of aromatic amines is 1. The van der Waals surface area contributed by atoms with Gasteiger partial charge in [0.1, 0.15) is 0 Å². The second-order valence-electron chi connectivity index (χ2n) is 5.78. The lowest BCUT2D eigenvalue weighted by Crippen LogP contribution is -2.05. The first-order valence-electron chi connectivity index (χ1n) is 8.37. The Kier molecular flexibility index (Phi) is 5.90. The maximum atomic E-state index is 11.3. The highest BCUT2D eigenvalue weighted by Crippen LogP contribution is 2.38. The highest BCUT2D eigenvalue weighted by Gasteiger charge is 2.15. The van der Waals surface area contributed by atoms with Crippen molar-refractivity contribution in [1.29, 1.82) is 0 Å². The van der Waals surface area contributed by atoms with Crippen LogP contribution < -0.4 is 14.2 Å². The minimum atomic E-state index is -0.468. The molecule has 2 aromatic carbocycles. The van der Waals surface area contributed by atoms with Crippen LogP contribution in [0.5, 0.6) is 17.2 Å². The lowest BCUT2D eigenvalue weighted by atomic mass is 10.2. The third kappa shape index (κ3) is 4.29. The lowest BCUT2D eigenvalue weighted by molar-refractivity contribution is -0.132. The number of carbonyl (C=O) groups excluding carboxylic acids is 1. The van der Waals surface area contributed by atoms with Crippen molar-refractivity contribution in [3.8, 4) is 28.5 Å². The Labute approximate surface area is 167 Å². The van der Waals surface area contributed by atoms with E-state index in [-0.39, 0.29) is 5.75 Å². The van der Waals surface area contributed by atoms with Gasteiger partial charge in [-0.1, -0.05) is 30.3 Å².